The summed E-state index contributed by atoms with van der Waals surface area (Å²) in [5.74, 6) is 0.894. The molecule has 0 radical (unpaired) electrons. The average molecular weight is 697 g/mol. The Balaban J connectivity index is 1.42. The smallest absolute Gasteiger partial charge is 0.307 e. The van der Waals surface area contributed by atoms with Gasteiger partial charge in [0.05, 0.1) is 31.8 Å². The van der Waals surface area contributed by atoms with Crippen LogP contribution in [0.15, 0.2) is 11.6 Å². The lowest BCUT2D eigenvalue weighted by Gasteiger charge is -2.71. The highest BCUT2D eigenvalue weighted by Crippen LogP contribution is 2.75. The Labute approximate surface area is 301 Å². The Morgan fingerprint density at radius 3 is 2.46 bits per heavy atom. The monoisotopic (exact) mass is 697 g/mol. The predicted octanol–water partition coefficient (Wildman–Crippen LogP) is 7.18. The van der Waals surface area contributed by atoms with E-state index in [9.17, 15) is 9.90 Å². The van der Waals surface area contributed by atoms with Crippen molar-refractivity contribution in [3.8, 4) is 0 Å². The SMILES string of the molecule is CCCN[C@](C)(CO[C@H]1[C@H](n2nnc(N)n2)C[C@@]23COC[C@]1(C)[C@@H]2CC[C@H]1C3=CC[C@@]2(C)[C@H](C(=O)O)[C@@](C)([C@H](C)C(C)C)CC[C@]12C)C(C)C. The topological polar surface area (TPSA) is 137 Å². The molecule has 5 aliphatic rings. The average Bonchev–Trinajstić information content (AvgIpc) is 3.48. The molecule has 0 unspecified atom stereocenters. The Morgan fingerprint density at radius 1 is 1.14 bits per heavy atom. The molecule has 1 saturated heterocycles. The second-order valence-corrected chi connectivity index (χ2v) is 19.3. The molecule has 2 heterocycles. The van der Waals surface area contributed by atoms with Gasteiger partial charge in [-0.15, -0.1) is 5.10 Å². The molecule has 50 heavy (non-hydrogen) atoms. The van der Waals surface area contributed by atoms with E-state index in [1.165, 1.54) is 5.57 Å². The number of carboxylic acids is 1. The fourth-order valence-corrected chi connectivity index (χ4v) is 12.6. The van der Waals surface area contributed by atoms with Crippen molar-refractivity contribution < 1.29 is 19.4 Å². The number of rotatable bonds is 11. The van der Waals surface area contributed by atoms with E-state index >= 15 is 0 Å². The van der Waals surface area contributed by atoms with E-state index in [-0.39, 0.29) is 50.7 Å². The minimum absolute atomic E-state index is 0.146. The van der Waals surface area contributed by atoms with Crippen molar-refractivity contribution in [2.45, 2.75) is 139 Å². The molecule has 1 aromatic heterocycles. The predicted molar refractivity (Wildman–Crippen MR) is 196 cm³/mol. The zero-order chi connectivity index (χ0) is 36.7. The van der Waals surface area contributed by atoms with Crippen LogP contribution in [0.2, 0.25) is 0 Å². The third-order valence-corrected chi connectivity index (χ3v) is 16.4. The number of anilines is 1. The maximum absolute atomic E-state index is 13.5. The number of allylic oxidation sites excluding steroid dienone is 1. The molecule has 3 saturated carbocycles. The molecule has 282 valence electrons. The normalized spacial score (nSPS) is 43.0. The Kier molecular flexibility index (Phi) is 9.67. The van der Waals surface area contributed by atoms with Crippen molar-refractivity contribution in [2.75, 3.05) is 32.1 Å². The molecule has 4 aliphatic carbocycles. The first kappa shape index (κ1) is 37.7. The van der Waals surface area contributed by atoms with Gasteiger partial charge < -0.3 is 25.6 Å². The van der Waals surface area contributed by atoms with Gasteiger partial charge in [0.25, 0.3) is 5.95 Å². The van der Waals surface area contributed by atoms with Crippen molar-refractivity contribution in [2.24, 2.45) is 62.6 Å². The number of hydrogen-bond acceptors (Lipinski definition) is 8. The van der Waals surface area contributed by atoms with Crippen LogP contribution in [0.5, 0.6) is 0 Å². The fourth-order valence-electron chi connectivity index (χ4n) is 12.6. The fraction of sp³-hybridized carbons (Fsp3) is 0.900. The van der Waals surface area contributed by atoms with Crippen LogP contribution in [0.1, 0.15) is 127 Å². The molecule has 4 fully saturated rings. The number of fused-ring (bicyclic) bond motifs is 3. The van der Waals surface area contributed by atoms with Crippen LogP contribution in [0.3, 0.4) is 0 Å². The molecule has 10 nitrogen and oxygen atoms in total. The molecule has 0 amide bonds. The maximum Gasteiger partial charge on any atom is 0.307 e. The lowest BCUT2D eigenvalue weighted by molar-refractivity contribution is -0.254. The summed E-state index contributed by atoms with van der Waals surface area (Å²) in [6.07, 6.45) is 9.03. The number of ether oxygens (including phenoxy) is 2. The van der Waals surface area contributed by atoms with Gasteiger partial charge in [-0.25, -0.2) is 0 Å². The number of nitrogens with zero attached hydrogens (tertiary/aromatic N) is 4. The van der Waals surface area contributed by atoms with Crippen molar-refractivity contribution in [1.29, 1.82) is 0 Å². The van der Waals surface area contributed by atoms with Crippen LogP contribution >= 0.6 is 0 Å². The van der Waals surface area contributed by atoms with Crippen LogP contribution in [-0.4, -0.2) is 69.3 Å². The number of aromatic nitrogens is 4. The first-order chi connectivity index (χ1) is 23.3. The summed E-state index contributed by atoms with van der Waals surface area (Å²) in [5.41, 5.74) is 6.14. The summed E-state index contributed by atoms with van der Waals surface area (Å²) < 4.78 is 13.9. The minimum atomic E-state index is -0.625. The lowest BCUT2D eigenvalue weighted by atomic mass is 9.34. The summed E-state index contributed by atoms with van der Waals surface area (Å²) in [5, 5.41) is 28.1. The number of nitrogens with one attached hydrogen (secondary N) is 1. The van der Waals surface area contributed by atoms with Crippen molar-refractivity contribution in [3.05, 3.63) is 11.6 Å². The largest absolute Gasteiger partial charge is 0.481 e. The minimum Gasteiger partial charge on any atom is -0.481 e. The number of carboxylic acid groups (broad SMARTS) is 1. The Bertz CT molecular complexity index is 1460. The number of nitrogen functional groups attached to an aromatic ring is 1. The quantitative estimate of drug-likeness (QED) is 0.205. The summed E-state index contributed by atoms with van der Waals surface area (Å²) >= 11 is 0. The number of nitrogens with two attached hydrogens (primary N) is 1. The van der Waals surface area contributed by atoms with Crippen LogP contribution in [0.25, 0.3) is 0 Å². The van der Waals surface area contributed by atoms with E-state index in [0.717, 1.165) is 51.5 Å². The first-order valence-electron chi connectivity index (χ1n) is 19.8. The molecule has 2 bridgehead atoms. The highest BCUT2D eigenvalue weighted by atomic mass is 16.5. The molecule has 1 aliphatic heterocycles. The summed E-state index contributed by atoms with van der Waals surface area (Å²) in [7, 11) is 0. The second kappa shape index (κ2) is 12.8. The number of aliphatic carboxylic acids is 1. The molecule has 6 rings (SSSR count). The van der Waals surface area contributed by atoms with Gasteiger partial charge in [0, 0.05) is 16.4 Å². The molecular weight excluding hydrogens is 628 g/mol. The summed E-state index contributed by atoms with van der Waals surface area (Å²) in [4.78, 5) is 15.2. The highest BCUT2D eigenvalue weighted by Gasteiger charge is 2.72. The van der Waals surface area contributed by atoms with Gasteiger partial charge in [0.2, 0.25) is 0 Å². The van der Waals surface area contributed by atoms with Gasteiger partial charge in [-0.05, 0) is 109 Å². The van der Waals surface area contributed by atoms with E-state index in [1.54, 1.807) is 4.80 Å². The molecule has 10 heteroatoms. The van der Waals surface area contributed by atoms with Crippen molar-refractivity contribution in [3.63, 3.8) is 0 Å². The van der Waals surface area contributed by atoms with E-state index < -0.39 is 11.9 Å². The zero-order valence-corrected chi connectivity index (χ0v) is 33.0. The van der Waals surface area contributed by atoms with Gasteiger partial charge in [-0.3, -0.25) is 4.79 Å². The van der Waals surface area contributed by atoms with Gasteiger partial charge >= 0.3 is 5.97 Å². The highest BCUT2D eigenvalue weighted by molar-refractivity contribution is 5.73. The molecule has 12 atom stereocenters. The van der Waals surface area contributed by atoms with Gasteiger partial charge in [-0.2, -0.15) is 4.80 Å². The van der Waals surface area contributed by atoms with Crippen LogP contribution in [-0.2, 0) is 14.3 Å². The summed E-state index contributed by atoms with van der Waals surface area (Å²) in [6, 6.07) is -0.165. The number of tetrazole rings is 1. The number of carbonyl (C=O) groups is 1. The molecule has 4 N–H and O–H groups in total. The maximum atomic E-state index is 13.5. The van der Waals surface area contributed by atoms with Crippen LogP contribution in [0, 0.1) is 62.6 Å². The molecular formula is C40H68N6O4. The van der Waals surface area contributed by atoms with Crippen molar-refractivity contribution >= 4 is 11.9 Å². The lowest BCUT2D eigenvalue weighted by Crippen LogP contribution is -2.69. The van der Waals surface area contributed by atoms with Gasteiger partial charge in [0.1, 0.15) is 6.04 Å². The van der Waals surface area contributed by atoms with E-state index in [2.05, 4.69) is 103 Å². The standard InChI is InChI=1S/C40H68N6O4/c1-12-19-42-39(11,25(4)5)22-50-32-29(46-44-34(41)43-45-46)20-40-23-49-21-36(32,8)30(40)14-13-27-28(40)15-16-38(10)31(33(47)48)35(7,26(6)24(2)3)17-18-37(27,38)9/h15,24-27,29-32,42H,12-14,16-23H2,1-11H3,(H2,41,44)(H,47,48)/t26-,27+,29-,30+,31-,32+,35-,36-,37-,38+,39-,40+/m1/s1. The van der Waals surface area contributed by atoms with E-state index in [4.69, 9.17) is 15.2 Å². The Morgan fingerprint density at radius 2 is 1.86 bits per heavy atom. The second-order valence-electron chi connectivity index (χ2n) is 19.3. The molecule has 0 aromatic carbocycles. The van der Waals surface area contributed by atoms with Gasteiger partial charge in [-0.1, -0.05) is 86.0 Å². The van der Waals surface area contributed by atoms with Crippen LogP contribution < -0.4 is 11.1 Å². The number of hydrogen-bond donors (Lipinski definition) is 3. The van der Waals surface area contributed by atoms with Gasteiger partial charge in [0.15, 0.2) is 0 Å². The summed E-state index contributed by atoms with van der Waals surface area (Å²) in [6.45, 7) is 28.0. The Hall–Kier alpha value is -2.04. The third-order valence-electron chi connectivity index (χ3n) is 16.4. The van der Waals surface area contributed by atoms with E-state index in [0.29, 0.717) is 49.4 Å². The van der Waals surface area contributed by atoms with Crippen LogP contribution in [0.4, 0.5) is 5.95 Å². The van der Waals surface area contributed by atoms with E-state index in [1.807, 2.05) is 0 Å². The zero-order valence-electron chi connectivity index (χ0n) is 33.0. The molecule has 1 aromatic rings. The third kappa shape index (κ3) is 5.34. The first-order valence-corrected chi connectivity index (χ1v) is 19.8. The van der Waals surface area contributed by atoms with Crippen molar-refractivity contribution in [1.82, 2.24) is 25.5 Å². The molecule has 0 spiro atoms.